The highest BCUT2D eigenvalue weighted by molar-refractivity contribution is 5.92. The van der Waals surface area contributed by atoms with Crippen LogP contribution in [0, 0.1) is 13.8 Å². The van der Waals surface area contributed by atoms with E-state index in [0.717, 1.165) is 22.5 Å². The van der Waals surface area contributed by atoms with Crippen LogP contribution in [0.15, 0.2) is 59.0 Å². The third-order valence-corrected chi connectivity index (χ3v) is 4.62. The Morgan fingerprint density at radius 3 is 2.65 bits per heavy atom. The Balaban J connectivity index is 1.30. The lowest BCUT2D eigenvalue weighted by Crippen LogP contribution is -2.22. The van der Waals surface area contributed by atoms with Gasteiger partial charge in [0.1, 0.15) is 11.3 Å². The molecule has 1 amide bonds. The van der Waals surface area contributed by atoms with Gasteiger partial charge in [-0.1, -0.05) is 29.8 Å². The molecule has 0 aliphatic heterocycles. The number of ether oxygens (including phenoxy) is 1. The number of nitrogens with one attached hydrogen (secondary N) is 1. The monoisotopic (exact) mass is 418 g/mol. The van der Waals surface area contributed by atoms with Gasteiger partial charge in [-0.25, -0.2) is 9.67 Å². The summed E-state index contributed by atoms with van der Waals surface area (Å²) in [5, 5.41) is 7.16. The van der Waals surface area contributed by atoms with E-state index in [0.29, 0.717) is 23.7 Å². The summed E-state index contributed by atoms with van der Waals surface area (Å²) < 4.78 is 12.3. The molecule has 0 spiro atoms. The van der Waals surface area contributed by atoms with Gasteiger partial charge < -0.3 is 14.5 Å². The fraction of sp³-hybridized carbons (Fsp3) is 0.217. The normalized spacial score (nSPS) is 10.9. The van der Waals surface area contributed by atoms with Gasteiger partial charge in [0.2, 0.25) is 0 Å². The van der Waals surface area contributed by atoms with Crippen molar-refractivity contribution in [3.05, 3.63) is 71.7 Å². The summed E-state index contributed by atoms with van der Waals surface area (Å²) in [6.45, 7) is 3.45. The molecule has 4 rings (SSSR count). The molecular formula is C23H22N4O4. The van der Waals surface area contributed by atoms with Gasteiger partial charge in [0.25, 0.3) is 5.91 Å². The van der Waals surface area contributed by atoms with Crippen molar-refractivity contribution in [2.24, 2.45) is 0 Å². The molecule has 158 valence electrons. The van der Waals surface area contributed by atoms with Crippen LogP contribution in [0.2, 0.25) is 0 Å². The minimum absolute atomic E-state index is 0.0699. The van der Waals surface area contributed by atoms with E-state index in [1.807, 2.05) is 62.4 Å². The van der Waals surface area contributed by atoms with E-state index in [1.165, 1.54) is 0 Å². The summed E-state index contributed by atoms with van der Waals surface area (Å²) in [5.41, 5.74) is 4.12. The molecule has 0 aliphatic rings. The molecule has 0 aliphatic carbocycles. The molecule has 2 aromatic carbocycles. The van der Waals surface area contributed by atoms with Gasteiger partial charge >= 0.3 is 5.97 Å². The van der Waals surface area contributed by atoms with Crippen molar-refractivity contribution < 1.29 is 18.7 Å². The van der Waals surface area contributed by atoms with Crippen LogP contribution < -0.4 is 5.32 Å². The highest BCUT2D eigenvalue weighted by Crippen LogP contribution is 2.18. The predicted molar refractivity (Wildman–Crippen MR) is 115 cm³/mol. The lowest BCUT2D eigenvalue weighted by molar-refractivity contribution is -0.147. The van der Waals surface area contributed by atoms with Crippen LogP contribution in [0.25, 0.3) is 16.8 Å². The van der Waals surface area contributed by atoms with Crippen LogP contribution >= 0.6 is 0 Å². The van der Waals surface area contributed by atoms with Crippen molar-refractivity contribution in [3.8, 4) is 5.69 Å². The minimum Gasteiger partial charge on any atom is -0.456 e. The number of oxazole rings is 1. The van der Waals surface area contributed by atoms with Gasteiger partial charge in [-0.15, -0.1) is 0 Å². The SMILES string of the molecule is Cc1ccc(-n2nc(C)cc2NC(=O)COC(=O)CCc2nc3ccccc3o2)cc1. The number of carbonyl (C=O) groups excluding carboxylic acids is 2. The molecule has 0 atom stereocenters. The number of para-hydroxylation sites is 2. The van der Waals surface area contributed by atoms with Crippen LogP contribution in [0.3, 0.4) is 0 Å². The number of rotatable bonds is 7. The number of hydrogen-bond acceptors (Lipinski definition) is 6. The quantitative estimate of drug-likeness (QED) is 0.459. The zero-order valence-corrected chi connectivity index (χ0v) is 17.3. The van der Waals surface area contributed by atoms with Crippen molar-refractivity contribution in [1.29, 1.82) is 0 Å². The second kappa shape index (κ2) is 8.83. The average Bonchev–Trinajstić information content (AvgIpc) is 3.34. The summed E-state index contributed by atoms with van der Waals surface area (Å²) in [5.74, 6) is 0.0260. The van der Waals surface area contributed by atoms with Gasteiger partial charge in [-0.3, -0.25) is 9.59 Å². The Morgan fingerprint density at radius 1 is 1.10 bits per heavy atom. The van der Waals surface area contributed by atoms with E-state index in [4.69, 9.17) is 9.15 Å². The Hall–Kier alpha value is -3.94. The number of nitrogens with zero attached hydrogens (tertiary/aromatic N) is 3. The van der Waals surface area contributed by atoms with E-state index in [-0.39, 0.29) is 13.0 Å². The first-order chi connectivity index (χ1) is 15.0. The Kier molecular flexibility index (Phi) is 5.79. The first-order valence-corrected chi connectivity index (χ1v) is 9.91. The van der Waals surface area contributed by atoms with Gasteiger partial charge in [0.05, 0.1) is 17.8 Å². The first-order valence-electron chi connectivity index (χ1n) is 9.91. The number of anilines is 1. The van der Waals surface area contributed by atoms with Crippen LogP contribution in [0.1, 0.15) is 23.6 Å². The molecule has 0 saturated heterocycles. The number of hydrogen-bond donors (Lipinski definition) is 1. The number of aryl methyl sites for hydroxylation is 3. The van der Waals surface area contributed by atoms with Gasteiger partial charge in [-0.05, 0) is 38.1 Å². The standard InChI is InChI=1S/C23H22N4O4/c1-15-7-9-17(10-8-15)27-20(13-16(2)26-27)25-21(28)14-30-23(29)12-11-22-24-18-5-3-4-6-19(18)31-22/h3-10,13H,11-12,14H2,1-2H3,(H,25,28). The summed E-state index contributed by atoms with van der Waals surface area (Å²) >= 11 is 0. The van der Waals surface area contributed by atoms with Crippen molar-refractivity contribution in [3.63, 3.8) is 0 Å². The third kappa shape index (κ3) is 4.98. The van der Waals surface area contributed by atoms with Gasteiger partial charge in [-0.2, -0.15) is 5.10 Å². The molecule has 1 N–H and O–H groups in total. The summed E-state index contributed by atoms with van der Waals surface area (Å²) in [6, 6.07) is 16.9. The van der Waals surface area contributed by atoms with Crippen molar-refractivity contribution >= 4 is 28.8 Å². The number of esters is 1. The van der Waals surface area contributed by atoms with Crippen molar-refractivity contribution in [2.75, 3.05) is 11.9 Å². The number of aromatic nitrogens is 3. The van der Waals surface area contributed by atoms with E-state index in [2.05, 4.69) is 15.4 Å². The number of amides is 1. The maximum atomic E-state index is 12.3. The zero-order chi connectivity index (χ0) is 21.8. The Labute approximate surface area is 178 Å². The number of carbonyl (C=O) groups is 2. The molecule has 4 aromatic rings. The number of fused-ring (bicyclic) bond motifs is 1. The van der Waals surface area contributed by atoms with Crippen molar-refractivity contribution in [1.82, 2.24) is 14.8 Å². The molecule has 0 saturated carbocycles. The molecule has 8 nitrogen and oxygen atoms in total. The number of benzene rings is 2. The molecule has 0 radical (unpaired) electrons. The van der Waals surface area contributed by atoms with E-state index in [9.17, 15) is 9.59 Å². The molecule has 31 heavy (non-hydrogen) atoms. The maximum absolute atomic E-state index is 12.3. The summed E-state index contributed by atoms with van der Waals surface area (Å²) in [7, 11) is 0. The fourth-order valence-electron chi connectivity index (χ4n) is 3.10. The molecule has 0 unspecified atom stereocenters. The largest absolute Gasteiger partial charge is 0.456 e. The lowest BCUT2D eigenvalue weighted by atomic mass is 10.2. The Morgan fingerprint density at radius 2 is 1.87 bits per heavy atom. The Bertz CT molecular complexity index is 1190. The highest BCUT2D eigenvalue weighted by Gasteiger charge is 2.14. The third-order valence-electron chi connectivity index (χ3n) is 4.62. The van der Waals surface area contributed by atoms with Crippen LogP contribution in [0.4, 0.5) is 5.82 Å². The molecule has 2 heterocycles. The van der Waals surface area contributed by atoms with E-state index in [1.54, 1.807) is 10.7 Å². The average molecular weight is 418 g/mol. The minimum atomic E-state index is -0.499. The van der Waals surface area contributed by atoms with E-state index < -0.39 is 11.9 Å². The first kappa shape index (κ1) is 20.3. The maximum Gasteiger partial charge on any atom is 0.306 e. The second-order valence-electron chi connectivity index (χ2n) is 7.20. The van der Waals surface area contributed by atoms with Crippen LogP contribution in [-0.4, -0.2) is 33.2 Å². The van der Waals surface area contributed by atoms with Crippen LogP contribution in [-0.2, 0) is 20.7 Å². The van der Waals surface area contributed by atoms with Gasteiger partial charge in [0, 0.05) is 12.5 Å². The summed E-state index contributed by atoms with van der Waals surface area (Å²) in [6.07, 6.45) is 0.370. The lowest BCUT2D eigenvalue weighted by Gasteiger charge is -2.09. The molecular weight excluding hydrogens is 396 g/mol. The molecule has 2 aromatic heterocycles. The zero-order valence-electron chi connectivity index (χ0n) is 17.3. The molecule has 8 heteroatoms. The smallest absolute Gasteiger partial charge is 0.306 e. The second-order valence-corrected chi connectivity index (χ2v) is 7.20. The fourth-order valence-corrected chi connectivity index (χ4v) is 3.10. The topological polar surface area (TPSA) is 99.2 Å². The molecule has 0 bridgehead atoms. The molecule has 0 fully saturated rings. The van der Waals surface area contributed by atoms with Gasteiger partial charge in [0.15, 0.2) is 18.1 Å². The summed E-state index contributed by atoms with van der Waals surface area (Å²) in [4.78, 5) is 28.6. The van der Waals surface area contributed by atoms with Crippen molar-refractivity contribution in [2.45, 2.75) is 26.7 Å². The predicted octanol–water partition coefficient (Wildman–Crippen LogP) is 3.74. The van der Waals surface area contributed by atoms with Crippen LogP contribution in [0.5, 0.6) is 0 Å². The highest BCUT2D eigenvalue weighted by atomic mass is 16.5. The van der Waals surface area contributed by atoms with E-state index >= 15 is 0 Å².